The van der Waals surface area contributed by atoms with Crippen LogP contribution in [0.1, 0.15) is 17.9 Å². The van der Waals surface area contributed by atoms with Crippen molar-refractivity contribution in [3.05, 3.63) is 36.2 Å². The van der Waals surface area contributed by atoms with Gasteiger partial charge in [0.1, 0.15) is 5.75 Å². The average molecular weight is 381 g/mol. The molecule has 0 aliphatic carbocycles. The van der Waals surface area contributed by atoms with Crippen LogP contribution in [-0.2, 0) is 11.2 Å². The number of rotatable bonds is 4. The fourth-order valence-electron chi connectivity index (χ4n) is 2.58. The van der Waals surface area contributed by atoms with Crippen LogP contribution in [0.4, 0.5) is 8.78 Å². The number of hydrogen-bond donors (Lipinski definition) is 1. The van der Waals surface area contributed by atoms with Crippen LogP contribution in [0, 0.1) is 0 Å². The Morgan fingerprint density at radius 3 is 2.73 bits per heavy atom. The Bertz CT molecular complexity index is 936. The van der Waals surface area contributed by atoms with Crippen LogP contribution in [0.3, 0.4) is 0 Å². The van der Waals surface area contributed by atoms with Crippen molar-refractivity contribution in [1.29, 1.82) is 0 Å². The van der Waals surface area contributed by atoms with Gasteiger partial charge in [0.25, 0.3) is 0 Å². The van der Waals surface area contributed by atoms with Gasteiger partial charge in [0.15, 0.2) is 16.7 Å². The standard InChI is InChI=1S/C16H13F2N3O4S/c1-8(10-5-9(23-2)3-4-19-10)26(22)15-20-11-6-13-14(7-12(11)21-15)25-16(17,18)24-13/h3-8H,1-2H3,(H,20,21). The largest absolute Gasteiger partial charge is 0.608 e. The summed E-state index contributed by atoms with van der Waals surface area (Å²) in [6, 6.07) is 6.05. The molecular weight excluding hydrogens is 368 g/mol. The first kappa shape index (κ1) is 16.9. The van der Waals surface area contributed by atoms with E-state index in [2.05, 4.69) is 24.4 Å². The van der Waals surface area contributed by atoms with Gasteiger partial charge in [-0.2, -0.15) is 4.98 Å². The molecular formula is C16H13F2N3O4S. The predicted octanol–water partition coefficient (Wildman–Crippen LogP) is 3.16. The van der Waals surface area contributed by atoms with E-state index in [1.165, 1.54) is 19.2 Å². The van der Waals surface area contributed by atoms with Gasteiger partial charge in [0.2, 0.25) is 0 Å². The first-order chi connectivity index (χ1) is 12.4. The third-order valence-corrected chi connectivity index (χ3v) is 5.36. The van der Waals surface area contributed by atoms with Gasteiger partial charge in [-0.25, -0.2) is 0 Å². The highest BCUT2D eigenvalue weighted by Gasteiger charge is 2.44. The number of H-pyrrole nitrogens is 1. The maximum absolute atomic E-state index is 13.1. The highest BCUT2D eigenvalue weighted by molar-refractivity contribution is 7.91. The summed E-state index contributed by atoms with van der Waals surface area (Å²) in [5.74, 6) is 0.384. The number of ether oxygens (including phenoxy) is 3. The molecule has 1 aromatic carbocycles. The van der Waals surface area contributed by atoms with Crippen LogP contribution >= 0.6 is 0 Å². The molecule has 0 amide bonds. The topological polar surface area (TPSA) is 92.3 Å². The van der Waals surface area contributed by atoms with Crippen LogP contribution in [0.25, 0.3) is 11.0 Å². The number of benzene rings is 1. The van der Waals surface area contributed by atoms with Crippen LogP contribution < -0.4 is 14.2 Å². The zero-order valence-electron chi connectivity index (χ0n) is 13.7. The van der Waals surface area contributed by atoms with Crippen molar-refractivity contribution in [3.63, 3.8) is 0 Å². The number of aromatic nitrogens is 3. The number of imidazole rings is 1. The van der Waals surface area contributed by atoms with Gasteiger partial charge >= 0.3 is 11.5 Å². The molecule has 0 spiro atoms. The molecule has 26 heavy (non-hydrogen) atoms. The van der Waals surface area contributed by atoms with Gasteiger partial charge in [0.05, 0.1) is 23.8 Å². The smallest absolute Gasteiger partial charge is 0.586 e. The Morgan fingerprint density at radius 1 is 1.27 bits per heavy atom. The van der Waals surface area contributed by atoms with Crippen molar-refractivity contribution in [3.8, 4) is 17.2 Å². The summed E-state index contributed by atoms with van der Waals surface area (Å²) in [5.41, 5.74) is 1.34. The molecule has 1 N–H and O–H groups in total. The number of aromatic amines is 1. The van der Waals surface area contributed by atoms with E-state index in [0.717, 1.165) is 0 Å². The lowest BCUT2D eigenvalue weighted by Gasteiger charge is -2.15. The van der Waals surface area contributed by atoms with Gasteiger partial charge < -0.3 is 18.8 Å². The Labute approximate surface area is 149 Å². The molecule has 4 rings (SSSR count). The SMILES string of the molecule is COc1ccnc(C(C)[S+]([O-])c2nc3cc4c(cc3[nH]2)OC(F)(F)O4)c1. The summed E-state index contributed by atoms with van der Waals surface area (Å²) in [5, 5.41) is -0.262. The minimum atomic E-state index is -3.70. The fraction of sp³-hybridized carbons (Fsp3) is 0.250. The molecule has 3 aromatic rings. The number of fused-ring (bicyclic) bond motifs is 2. The number of methoxy groups -OCH3 is 1. The second-order valence-corrected chi connectivity index (χ2v) is 7.27. The van der Waals surface area contributed by atoms with E-state index in [0.29, 0.717) is 22.5 Å². The van der Waals surface area contributed by atoms with E-state index in [1.807, 2.05) is 0 Å². The maximum atomic E-state index is 13.1. The van der Waals surface area contributed by atoms with Crippen molar-refractivity contribution < 1.29 is 27.5 Å². The van der Waals surface area contributed by atoms with Gasteiger partial charge in [-0.05, 0) is 13.0 Å². The van der Waals surface area contributed by atoms with Crippen molar-refractivity contribution in [2.45, 2.75) is 23.6 Å². The number of alkyl halides is 2. The molecule has 2 unspecified atom stereocenters. The predicted molar refractivity (Wildman–Crippen MR) is 87.9 cm³/mol. The lowest BCUT2D eigenvalue weighted by Crippen LogP contribution is -2.25. The summed E-state index contributed by atoms with van der Waals surface area (Å²) in [4.78, 5) is 11.3. The molecule has 10 heteroatoms. The summed E-state index contributed by atoms with van der Waals surface area (Å²) in [6.07, 6.45) is -2.13. The van der Waals surface area contributed by atoms with Crippen LogP contribution in [0.5, 0.6) is 17.2 Å². The van der Waals surface area contributed by atoms with E-state index < -0.39 is 22.7 Å². The molecule has 3 heterocycles. The van der Waals surface area contributed by atoms with Crippen LogP contribution in [-0.4, -0.2) is 32.9 Å². The third-order valence-electron chi connectivity index (χ3n) is 3.90. The molecule has 0 fully saturated rings. The Morgan fingerprint density at radius 2 is 2.00 bits per heavy atom. The minimum Gasteiger partial charge on any atom is -0.608 e. The zero-order chi connectivity index (χ0) is 18.5. The van der Waals surface area contributed by atoms with Gasteiger partial charge in [0, 0.05) is 35.6 Å². The Kier molecular flexibility index (Phi) is 3.88. The average Bonchev–Trinajstić information content (AvgIpc) is 3.15. The first-order valence-electron chi connectivity index (χ1n) is 7.56. The van der Waals surface area contributed by atoms with Crippen LogP contribution in [0.15, 0.2) is 35.6 Å². The van der Waals surface area contributed by atoms with Gasteiger partial charge in [-0.15, -0.1) is 8.78 Å². The number of hydrogen-bond acceptors (Lipinski definition) is 6. The molecule has 2 atom stereocenters. The maximum Gasteiger partial charge on any atom is 0.586 e. The zero-order valence-corrected chi connectivity index (χ0v) is 14.5. The summed E-state index contributed by atoms with van der Waals surface area (Å²) in [6.45, 7) is 1.75. The van der Waals surface area contributed by atoms with Gasteiger partial charge in [-0.3, -0.25) is 9.97 Å². The van der Waals surface area contributed by atoms with Gasteiger partial charge in [-0.1, -0.05) is 0 Å². The number of halogens is 2. The number of nitrogens with zero attached hydrogens (tertiary/aromatic N) is 2. The quantitative estimate of drug-likeness (QED) is 0.698. The normalized spacial score (nSPS) is 17.3. The lowest BCUT2D eigenvalue weighted by molar-refractivity contribution is -0.286. The minimum absolute atomic E-state index is 0.106. The van der Waals surface area contributed by atoms with E-state index >= 15 is 0 Å². The Hall–Kier alpha value is -2.59. The lowest BCUT2D eigenvalue weighted by atomic mass is 10.3. The molecule has 7 nitrogen and oxygen atoms in total. The molecule has 0 radical (unpaired) electrons. The van der Waals surface area contributed by atoms with Crippen molar-refractivity contribution in [2.75, 3.05) is 7.11 Å². The second-order valence-electron chi connectivity index (χ2n) is 5.59. The summed E-state index contributed by atoms with van der Waals surface area (Å²) >= 11 is -1.55. The van der Waals surface area contributed by atoms with E-state index in [-0.39, 0.29) is 16.7 Å². The van der Waals surface area contributed by atoms with Crippen molar-refractivity contribution >= 4 is 22.2 Å². The second kappa shape index (κ2) is 5.99. The molecule has 2 aromatic heterocycles. The van der Waals surface area contributed by atoms with Crippen molar-refractivity contribution in [2.24, 2.45) is 0 Å². The molecule has 0 bridgehead atoms. The molecule has 1 aliphatic rings. The number of pyridine rings is 1. The monoisotopic (exact) mass is 381 g/mol. The first-order valence-corrected chi connectivity index (χ1v) is 8.78. The number of nitrogens with one attached hydrogen (secondary N) is 1. The molecule has 136 valence electrons. The third kappa shape index (κ3) is 2.90. The molecule has 0 saturated heterocycles. The summed E-state index contributed by atoms with van der Waals surface area (Å²) < 4.78 is 53.0. The van der Waals surface area contributed by atoms with E-state index in [9.17, 15) is 13.3 Å². The molecule has 0 saturated carbocycles. The molecule has 1 aliphatic heterocycles. The van der Waals surface area contributed by atoms with Crippen LogP contribution in [0.2, 0.25) is 0 Å². The fourth-order valence-corrected chi connectivity index (χ4v) is 3.66. The van der Waals surface area contributed by atoms with E-state index in [4.69, 9.17) is 4.74 Å². The Balaban J connectivity index is 1.64. The highest BCUT2D eigenvalue weighted by atomic mass is 32.2. The highest BCUT2D eigenvalue weighted by Crippen LogP contribution is 2.43. The summed E-state index contributed by atoms with van der Waals surface area (Å²) in [7, 11) is 1.53. The van der Waals surface area contributed by atoms with E-state index in [1.54, 1.807) is 25.3 Å². The van der Waals surface area contributed by atoms with Crippen molar-refractivity contribution in [1.82, 2.24) is 15.0 Å².